The summed E-state index contributed by atoms with van der Waals surface area (Å²) in [6.07, 6.45) is 8.91. The van der Waals surface area contributed by atoms with E-state index in [1.54, 1.807) is 0 Å². The van der Waals surface area contributed by atoms with Crippen LogP contribution in [0.25, 0.3) is 115 Å². The van der Waals surface area contributed by atoms with Crippen LogP contribution in [0.3, 0.4) is 0 Å². The Hall–Kier alpha value is -9.52. The molecule has 350 valence electrons. The molecule has 15 aromatic rings. The van der Waals surface area contributed by atoms with Crippen molar-refractivity contribution in [2.75, 3.05) is 9.80 Å². The van der Waals surface area contributed by atoms with Crippen LogP contribution in [0.5, 0.6) is 0 Å². The summed E-state index contributed by atoms with van der Waals surface area (Å²) in [5.41, 5.74) is 20.2. The van der Waals surface area contributed by atoms with E-state index in [4.69, 9.17) is 8.83 Å². The molecule has 1 aliphatic carbocycles. The normalized spacial score (nSPS) is 13.2. The van der Waals surface area contributed by atoms with Gasteiger partial charge in [-0.3, -0.25) is 0 Å². The number of anilines is 5. The first-order chi connectivity index (χ1) is 36.6. The van der Waals surface area contributed by atoms with Gasteiger partial charge in [0.2, 0.25) is 0 Å². The van der Waals surface area contributed by atoms with E-state index in [0.29, 0.717) is 0 Å². The Morgan fingerprint density at radius 3 is 1.76 bits per heavy atom. The number of hydrogen-bond donors (Lipinski definition) is 1. The number of benzene rings is 10. The van der Waals surface area contributed by atoms with Gasteiger partial charge in [0.05, 0.1) is 44.8 Å². The number of H-pyrrole nitrogens is 1. The van der Waals surface area contributed by atoms with E-state index in [9.17, 15) is 0 Å². The van der Waals surface area contributed by atoms with E-state index >= 15 is 0 Å². The molecule has 0 unspecified atom stereocenters. The first-order valence-electron chi connectivity index (χ1n) is 25.7. The largest absolute Gasteiger partial charge is 0.454 e. The van der Waals surface area contributed by atoms with Crippen molar-refractivity contribution < 1.29 is 8.83 Å². The van der Waals surface area contributed by atoms with Crippen LogP contribution in [0.15, 0.2) is 227 Å². The molecule has 1 aliphatic rings. The fourth-order valence-electron chi connectivity index (χ4n) is 12.6. The van der Waals surface area contributed by atoms with E-state index in [1.165, 1.54) is 48.9 Å². The molecule has 5 heterocycles. The zero-order valence-corrected chi connectivity index (χ0v) is 40.8. The van der Waals surface area contributed by atoms with Gasteiger partial charge in [-0.05, 0) is 104 Å². The van der Waals surface area contributed by atoms with Gasteiger partial charge in [0, 0.05) is 76.3 Å². The number of para-hydroxylation sites is 6. The van der Waals surface area contributed by atoms with Gasteiger partial charge >= 0.3 is 0 Å². The van der Waals surface area contributed by atoms with Crippen LogP contribution < -0.4 is 9.80 Å². The third-order valence-electron chi connectivity index (χ3n) is 15.9. The molecule has 6 nitrogen and oxygen atoms in total. The van der Waals surface area contributed by atoms with Gasteiger partial charge in [0.1, 0.15) is 11.2 Å². The van der Waals surface area contributed by atoms with Crippen LogP contribution in [-0.4, -0.2) is 9.38 Å². The summed E-state index contributed by atoms with van der Waals surface area (Å²) in [5.74, 6) is 0. The van der Waals surface area contributed by atoms with Gasteiger partial charge in [-0.1, -0.05) is 152 Å². The van der Waals surface area contributed by atoms with E-state index < -0.39 is 0 Å². The molecule has 0 aliphatic heterocycles. The molecule has 10 aromatic carbocycles. The maximum Gasteiger partial charge on any atom is 0.159 e. The lowest BCUT2D eigenvalue weighted by Gasteiger charge is -2.30. The minimum atomic E-state index is 0.871. The molecular weight excluding hydrogens is 905 g/mol. The average molecular weight is 951 g/mol. The Kier molecular flexibility index (Phi) is 8.61. The summed E-state index contributed by atoms with van der Waals surface area (Å²) in [7, 11) is 0. The second-order valence-corrected chi connectivity index (χ2v) is 20.0. The Morgan fingerprint density at radius 2 is 1.05 bits per heavy atom. The highest BCUT2D eigenvalue weighted by molar-refractivity contribution is 6.30. The Bertz CT molecular complexity index is 4870. The zero-order chi connectivity index (χ0) is 48.8. The van der Waals surface area contributed by atoms with Crippen LogP contribution in [0.4, 0.5) is 28.4 Å². The lowest BCUT2D eigenvalue weighted by molar-refractivity contribution is 0.665. The molecule has 0 fully saturated rings. The van der Waals surface area contributed by atoms with Crippen LogP contribution in [0.1, 0.15) is 24.0 Å². The summed E-state index contributed by atoms with van der Waals surface area (Å²) in [6, 6.07) is 70.6. The number of allylic oxidation sites excluding steroid dienone is 3. The third kappa shape index (κ3) is 5.70. The van der Waals surface area contributed by atoms with Crippen molar-refractivity contribution in [1.29, 1.82) is 0 Å². The average Bonchev–Trinajstić information content (AvgIpc) is 4.31. The number of nitrogens with zero attached hydrogens (tertiary/aromatic N) is 3. The van der Waals surface area contributed by atoms with Crippen molar-refractivity contribution in [3.63, 3.8) is 0 Å². The van der Waals surface area contributed by atoms with E-state index in [1.807, 2.05) is 0 Å². The summed E-state index contributed by atoms with van der Waals surface area (Å²) >= 11 is 0. The highest BCUT2D eigenvalue weighted by atomic mass is 16.3. The van der Waals surface area contributed by atoms with Crippen molar-refractivity contribution in [3.8, 4) is 11.1 Å². The van der Waals surface area contributed by atoms with Gasteiger partial charge in [-0.25, -0.2) is 0 Å². The van der Waals surface area contributed by atoms with Crippen LogP contribution in [0.2, 0.25) is 0 Å². The Balaban J connectivity index is 0.951. The molecule has 0 amide bonds. The number of furan rings is 2. The predicted octanol–water partition coefficient (Wildman–Crippen LogP) is 19.4. The number of hydrogen-bond acceptors (Lipinski definition) is 4. The van der Waals surface area contributed by atoms with Gasteiger partial charge in [-0.15, -0.1) is 0 Å². The first-order valence-corrected chi connectivity index (χ1v) is 25.7. The maximum atomic E-state index is 6.90. The quantitative estimate of drug-likeness (QED) is 0.173. The van der Waals surface area contributed by atoms with Crippen molar-refractivity contribution in [3.05, 3.63) is 229 Å². The summed E-state index contributed by atoms with van der Waals surface area (Å²) < 4.78 is 16.3. The molecule has 5 aromatic heterocycles. The first kappa shape index (κ1) is 41.1. The van der Waals surface area contributed by atoms with Crippen molar-refractivity contribution >= 4 is 132 Å². The van der Waals surface area contributed by atoms with Crippen molar-refractivity contribution in [1.82, 2.24) is 9.38 Å². The Labute approximate surface area is 425 Å². The number of aromatic nitrogens is 2. The van der Waals surface area contributed by atoms with Gasteiger partial charge in [-0.2, -0.15) is 0 Å². The standard InChI is InChI=1S/C68H46N4O2/c1-40-18-14-27-47-49-29-16-32-58(67(49)73-65(40)47)70(43-22-8-4-9-23-43)56-36-34-45-52-39-60-53(38-54(52)69-63(45)61(56)42-20-6-3-7-21-42)46-35-37-57(62-51-26-12-13-31-55(51)72(60)64(46)62)71(44-24-10-5-11-25-44)59-33-17-30-50-48-28-15-19-41(2)66(48)74-68(50)59/h3,5-8,10-39,69H,4,9H2,1-2H3. The van der Waals surface area contributed by atoms with Gasteiger partial charge < -0.3 is 28.0 Å². The maximum absolute atomic E-state index is 6.90. The van der Waals surface area contributed by atoms with E-state index in [0.717, 1.165) is 124 Å². The second kappa shape index (κ2) is 15.5. The minimum Gasteiger partial charge on any atom is -0.454 e. The fourth-order valence-corrected chi connectivity index (χ4v) is 12.6. The van der Waals surface area contributed by atoms with Gasteiger partial charge in [0.15, 0.2) is 11.2 Å². The molecule has 0 radical (unpaired) electrons. The SMILES string of the molecule is Cc1cccc2c1oc1c(N(C3=CCCC=C3)c3ccc4c([nH]c5cc6c7ccc(N(c8ccccc8)c8cccc9c8oc8c(C)cccc89)c8c9ccccc9n(c6cc54)c78)c3-c3ccccc3)cccc12. The molecule has 0 saturated heterocycles. The molecule has 74 heavy (non-hydrogen) atoms. The van der Waals surface area contributed by atoms with E-state index in [-0.39, 0.29) is 0 Å². The topological polar surface area (TPSA) is 53.0 Å². The summed E-state index contributed by atoms with van der Waals surface area (Å²) in [4.78, 5) is 8.89. The summed E-state index contributed by atoms with van der Waals surface area (Å²) in [6.45, 7) is 4.26. The van der Waals surface area contributed by atoms with Crippen LogP contribution in [-0.2, 0) is 0 Å². The number of nitrogens with one attached hydrogen (secondary N) is 1. The molecule has 0 saturated carbocycles. The molecular formula is C68H46N4O2. The number of aryl methyl sites for hydroxylation is 2. The lowest BCUT2D eigenvalue weighted by Crippen LogP contribution is -2.17. The third-order valence-corrected chi connectivity index (χ3v) is 15.9. The molecule has 0 atom stereocenters. The number of fused-ring (bicyclic) bond motifs is 15. The highest BCUT2D eigenvalue weighted by Gasteiger charge is 2.29. The minimum absolute atomic E-state index is 0.871. The number of aromatic amines is 1. The smallest absolute Gasteiger partial charge is 0.159 e. The fraction of sp³-hybridized carbons (Fsp3) is 0.0588. The molecule has 16 rings (SSSR count). The Morgan fingerprint density at radius 1 is 0.446 bits per heavy atom. The highest BCUT2D eigenvalue weighted by Crippen LogP contribution is 2.52. The lowest BCUT2D eigenvalue weighted by atomic mass is 9.97. The second-order valence-electron chi connectivity index (χ2n) is 20.0. The zero-order valence-electron chi connectivity index (χ0n) is 40.8. The van der Waals surface area contributed by atoms with E-state index in [2.05, 4.69) is 245 Å². The molecule has 0 spiro atoms. The van der Waals surface area contributed by atoms with Gasteiger partial charge in [0.25, 0.3) is 0 Å². The van der Waals surface area contributed by atoms with Crippen molar-refractivity contribution in [2.24, 2.45) is 0 Å². The molecule has 6 heteroatoms. The van der Waals surface area contributed by atoms with Crippen LogP contribution >= 0.6 is 0 Å². The van der Waals surface area contributed by atoms with Crippen LogP contribution in [0, 0.1) is 13.8 Å². The summed E-state index contributed by atoms with van der Waals surface area (Å²) in [5, 5.41) is 11.6. The number of rotatable bonds is 7. The molecule has 0 bridgehead atoms. The molecule has 1 N–H and O–H groups in total. The predicted molar refractivity (Wildman–Crippen MR) is 310 cm³/mol. The monoisotopic (exact) mass is 950 g/mol. The van der Waals surface area contributed by atoms with Crippen molar-refractivity contribution in [2.45, 2.75) is 26.7 Å².